The fourth-order valence-electron chi connectivity index (χ4n) is 2.27. The highest BCUT2D eigenvalue weighted by molar-refractivity contribution is 4.81. The van der Waals surface area contributed by atoms with E-state index in [1.165, 1.54) is 19.5 Å². The lowest BCUT2D eigenvalue weighted by Gasteiger charge is -2.25. The minimum absolute atomic E-state index is 0.259. The Hall–Kier alpha value is -0.0800. The van der Waals surface area contributed by atoms with Crippen LogP contribution in [0.4, 0.5) is 0 Å². The maximum absolute atomic E-state index is 3.54. The molecule has 0 aromatic heterocycles. The molecule has 1 heterocycles. The van der Waals surface area contributed by atoms with Crippen molar-refractivity contribution in [2.75, 3.05) is 19.6 Å². The fraction of sp³-hybridized carbons (Fsp3) is 1.00. The van der Waals surface area contributed by atoms with Crippen molar-refractivity contribution < 1.29 is 0 Å². The van der Waals surface area contributed by atoms with Crippen LogP contribution in [0.1, 0.15) is 41.0 Å². The van der Waals surface area contributed by atoms with Crippen LogP contribution >= 0.6 is 0 Å². The molecule has 0 saturated carbocycles. The molecule has 1 saturated heterocycles. The van der Waals surface area contributed by atoms with E-state index in [0.29, 0.717) is 0 Å². The van der Waals surface area contributed by atoms with Crippen molar-refractivity contribution in [1.29, 1.82) is 0 Å². The molecule has 2 heteroatoms. The Morgan fingerprint density at radius 2 is 1.93 bits per heavy atom. The summed E-state index contributed by atoms with van der Waals surface area (Å²) in [7, 11) is 0. The summed E-state index contributed by atoms with van der Waals surface area (Å²) in [5, 5.41) is 3.54. The summed E-state index contributed by atoms with van der Waals surface area (Å²) in [4.78, 5) is 2.60. The molecule has 1 N–H and O–H groups in total. The summed E-state index contributed by atoms with van der Waals surface area (Å²) in [5.74, 6) is 0.889. The van der Waals surface area contributed by atoms with Crippen molar-refractivity contribution in [3.8, 4) is 0 Å². The number of hydrogen-bond acceptors (Lipinski definition) is 2. The minimum Gasteiger partial charge on any atom is -0.311 e. The van der Waals surface area contributed by atoms with Gasteiger partial charge in [0.15, 0.2) is 0 Å². The van der Waals surface area contributed by atoms with Crippen LogP contribution in [0.2, 0.25) is 0 Å². The van der Waals surface area contributed by atoms with Gasteiger partial charge in [-0.1, -0.05) is 6.92 Å². The highest BCUT2D eigenvalue weighted by atomic mass is 15.2. The largest absolute Gasteiger partial charge is 0.311 e. The summed E-state index contributed by atoms with van der Waals surface area (Å²) >= 11 is 0. The van der Waals surface area contributed by atoms with Gasteiger partial charge in [-0.05, 0) is 40.0 Å². The van der Waals surface area contributed by atoms with E-state index in [-0.39, 0.29) is 5.54 Å². The molecule has 14 heavy (non-hydrogen) atoms. The van der Waals surface area contributed by atoms with E-state index in [0.717, 1.165) is 18.5 Å². The molecule has 84 valence electrons. The van der Waals surface area contributed by atoms with Crippen molar-refractivity contribution in [1.82, 2.24) is 10.2 Å². The zero-order chi connectivity index (χ0) is 10.8. The van der Waals surface area contributed by atoms with Gasteiger partial charge in [0.25, 0.3) is 0 Å². The summed E-state index contributed by atoms with van der Waals surface area (Å²) in [6.45, 7) is 15.0. The summed E-state index contributed by atoms with van der Waals surface area (Å²) in [5.41, 5.74) is 0.259. The Morgan fingerprint density at radius 1 is 1.29 bits per heavy atom. The van der Waals surface area contributed by atoms with Crippen LogP contribution in [0.3, 0.4) is 0 Å². The summed E-state index contributed by atoms with van der Waals surface area (Å²) in [6, 6.07) is 0.784. The first-order valence-electron chi connectivity index (χ1n) is 5.87. The zero-order valence-corrected chi connectivity index (χ0v) is 10.4. The van der Waals surface area contributed by atoms with Gasteiger partial charge in [-0.3, -0.25) is 4.90 Å². The average molecular weight is 198 g/mol. The smallest absolute Gasteiger partial charge is 0.0110 e. The third-order valence-corrected chi connectivity index (χ3v) is 2.97. The molecular formula is C12H26N2. The standard InChI is InChI=1S/C12H26N2/c1-10-8-11(2)14(9-10)7-6-13-12(3,4)5/h10-11,13H,6-9H2,1-5H3. The van der Waals surface area contributed by atoms with Gasteiger partial charge in [0.05, 0.1) is 0 Å². The maximum atomic E-state index is 3.54. The highest BCUT2D eigenvalue weighted by Crippen LogP contribution is 2.21. The number of nitrogens with zero attached hydrogens (tertiary/aromatic N) is 1. The molecule has 2 atom stereocenters. The van der Waals surface area contributed by atoms with E-state index >= 15 is 0 Å². The van der Waals surface area contributed by atoms with Crippen molar-refractivity contribution in [2.45, 2.75) is 52.6 Å². The normalized spacial score (nSPS) is 29.8. The SMILES string of the molecule is CC1CC(C)N(CCNC(C)(C)C)C1. The fourth-order valence-corrected chi connectivity index (χ4v) is 2.27. The Balaban J connectivity index is 2.19. The molecular weight excluding hydrogens is 172 g/mol. The predicted molar refractivity (Wildman–Crippen MR) is 62.6 cm³/mol. The Labute approximate surface area is 89.1 Å². The summed E-state index contributed by atoms with van der Waals surface area (Å²) < 4.78 is 0. The second-order valence-corrected chi connectivity index (χ2v) is 5.86. The van der Waals surface area contributed by atoms with Crippen molar-refractivity contribution in [3.05, 3.63) is 0 Å². The van der Waals surface area contributed by atoms with E-state index in [2.05, 4.69) is 44.8 Å². The average Bonchev–Trinajstić information content (AvgIpc) is 2.27. The topological polar surface area (TPSA) is 15.3 Å². The first-order valence-corrected chi connectivity index (χ1v) is 5.87. The molecule has 1 fully saturated rings. The zero-order valence-electron chi connectivity index (χ0n) is 10.4. The van der Waals surface area contributed by atoms with Crippen LogP contribution in [0.25, 0.3) is 0 Å². The maximum Gasteiger partial charge on any atom is 0.0110 e. The van der Waals surface area contributed by atoms with Gasteiger partial charge in [0.1, 0.15) is 0 Å². The van der Waals surface area contributed by atoms with Crippen LogP contribution in [0.15, 0.2) is 0 Å². The number of nitrogens with one attached hydrogen (secondary N) is 1. The van der Waals surface area contributed by atoms with Gasteiger partial charge in [0.2, 0.25) is 0 Å². The number of hydrogen-bond donors (Lipinski definition) is 1. The molecule has 0 aromatic rings. The molecule has 2 nitrogen and oxygen atoms in total. The highest BCUT2D eigenvalue weighted by Gasteiger charge is 2.25. The lowest BCUT2D eigenvalue weighted by molar-refractivity contribution is 0.253. The molecule has 1 rings (SSSR count). The van der Waals surface area contributed by atoms with E-state index in [4.69, 9.17) is 0 Å². The van der Waals surface area contributed by atoms with Crippen molar-refractivity contribution in [2.24, 2.45) is 5.92 Å². The van der Waals surface area contributed by atoms with Crippen LogP contribution < -0.4 is 5.32 Å². The van der Waals surface area contributed by atoms with Crippen LogP contribution in [0.5, 0.6) is 0 Å². The Kier molecular flexibility index (Phi) is 3.96. The van der Waals surface area contributed by atoms with Gasteiger partial charge in [0, 0.05) is 31.2 Å². The lowest BCUT2D eigenvalue weighted by atomic mass is 10.1. The van der Waals surface area contributed by atoms with Crippen LogP contribution in [-0.2, 0) is 0 Å². The van der Waals surface area contributed by atoms with Gasteiger partial charge in [-0.25, -0.2) is 0 Å². The quantitative estimate of drug-likeness (QED) is 0.747. The van der Waals surface area contributed by atoms with Crippen molar-refractivity contribution >= 4 is 0 Å². The molecule has 2 unspecified atom stereocenters. The second-order valence-electron chi connectivity index (χ2n) is 5.86. The Bertz CT molecular complexity index is 172. The molecule has 1 aliphatic heterocycles. The molecule has 0 aromatic carbocycles. The number of rotatable bonds is 3. The van der Waals surface area contributed by atoms with E-state index in [1.807, 2.05) is 0 Å². The third kappa shape index (κ3) is 3.97. The predicted octanol–water partition coefficient (Wildman–Crippen LogP) is 2.10. The van der Waals surface area contributed by atoms with Crippen LogP contribution in [-0.4, -0.2) is 36.1 Å². The molecule has 0 spiro atoms. The minimum atomic E-state index is 0.259. The third-order valence-electron chi connectivity index (χ3n) is 2.97. The molecule has 0 amide bonds. The number of likely N-dealkylation sites (tertiary alicyclic amines) is 1. The first kappa shape index (κ1) is 12.0. The monoisotopic (exact) mass is 198 g/mol. The van der Waals surface area contributed by atoms with Gasteiger partial charge >= 0.3 is 0 Å². The van der Waals surface area contributed by atoms with E-state index in [9.17, 15) is 0 Å². The molecule has 1 aliphatic rings. The van der Waals surface area contributed by atoms with Gasteiger partial charge in [-0.2, -0.15) is 0 Å². The van der Waals surface area contributed by atoms with E-state index < -0.39 is 0 Å². The van der Waals surface area contributed by atoms with Crippen molar-refractivity contribution in [3.63, 3.8) is 0 Å². The molecule has 0 aliphatic carbocycles. The second kappa shape index (κ2) is 4.63. The van der Waals surface area contributed by atoms with Crippen LogP contribution in [0, 0.1) is 5.92 Å². The first-order chi connectivity index (χ1) is 6.38. The van der Waals surface area contributed by atoms with Gasteiger partial charge < -0.3 is 5.32 Å². The molecule has 0 radical (unpaired) electrons. The lowest BCUT2D eigenvalue weighted by Crippen LogP contribution is -2.42. The summed E-state index contributed by atoms with van der Waals surface area (Å²) in [6.07, 6.45) is 1.37. The molecule has 0 bridgehead atoms. The van der Waals surface area contributed by atoms with E-state index in [1.54, 1.807) is 0 Å². The Morgan fingerprint density at radius 3 is 2.36 bits per heavy atom. The van der Waals surface area contributed by atoms with Gasteiger partial charge in [-0.15, -0.1) is 0 Å².